The van der Waals surface area contributed by atoms with Crippen LogP contribution in [0.15, 0.2) is 66.2 Å². The first kappa shape index (κ1) is 16.8. The summed E-state index contributed by atoms with van der Waals surface area (Å²) < 4.78 is 10.1. The molecule has 5 nitrogen and oxygen atoms in total. The molecular formula is C20H19NO4. The van der Waals surface area contributed by atoms with E-state index in [1.807, 2.05) is 42.5 Å². The number of carbonyl (C=O) groups excluding carboxylic acids is 2. The minimum absolute atomic E-state index is 0.202. The molecule has 0 aliphatic carbocycles. The van der Waals surface area contributed by atoms with Crippen molar-refractivity contribution in [2.24, 2.45) is 0 Å². The second-order valence-electron chi connectivity index (χ2n) is 5.54. The molecule has 5 heteroatoms. The zero-order valence-corrected chi connectivity index (χ0v) is 14.1. The van der Waals surface area contributed by atoms with Gasteiger partial charge in [-0.15, -0.1) is 0 Å². The first-order chi connectivity index (χ1) is 12.2. The molecule has 1 amide bonds. The number of hydrogen-bond acceptors (Lipinski definition) is 4. The third-order valence-electron chi connectivity index (χ3n) is 4.04. The van der Waals surface area contributed by atoms with Gasteiger partial charge >= 0.3 is 5.97 Å². The topological polar surface area (TPSA) is 55.8 Å². The Morgan fingerprint density at radius 1 is 1.12 bits per heavy atom. The van der Waals surface area contributed by atoms with Gasteiger partial charge in [-0.3, -0.25) is 9.69 Å². The molecule has 1 aliphatic rings. The fourth-order valence-electron chi connectivity index (χ4n) is 2.87. The third-order valence-corrected chi connectivity index (χ3v) is 4.04. The second-order valence-corrected chi connectivity index (χ2v) is 5.54. The van der Waals surface area contributed by atoms with Crippen LogP contribution in [0.25, 0.3) is 0 Å². The van der Waals surface area contributed by atoms with Gasteiger partial charge in [-0.05, 0) is 36.8 Å². The molecule has 128 valence electrons. The minimum atomic E-state index is -0.499. The Labute approximate surface area is 146 Å². The molecule has 0 bridgehead atoms. The van der Waals surface area contributed by atoms with E-state index in [1.54, 1.807) is 31.1 Å². The van der Waals surface area contributed by atoms with E-state index in [4.69, 9.17) is 9.47 Å². The SMILES string of the molecule is CCOC(=O)/C=C1/C(=O)N(c2ccc(OC)cc2)C1c1ccccc1. The number of carbonyl (C=O) groups is 2. The van der Waals surface area contributed by atoms with Crippen LogP contribution >= 0.6 is 0 Å². The van der Waals surface area contributed by atoms with Crippen molar-refractivity contribution in [2.75, 3.05) is 18.6 Å². The van der Waals surface area contributed by atoms with Crippen LogP contribution in [-0.2, 0) is 14.3 Å². The van der Waals surface area contributed by atoms with Crippen molar-refractivity contribution in [1.82, 2.24) is 0 Å². The predicted octanol–water partition coefficient (Wildman–Crippen LogP) is 3.27. The second kappa shape index (κ2) is 7.21. The van der Waals surface area contributed by atoms with Gasteiger partial charge in [0.05, 0.1) is 25.3 Å². The Hall–Kier alpha value is -3.08. The van der Waals surface area contributed by atoms with Crippen LogP contribution in [0, 0.1) is 0 Å². The fourth-order valence-corrected chi connectivity index (χ4v) is 2.87. The van der Waals surface area contributed by atoms with Gasteiger partial charge in [-0.25, -0.2) is 4.79 Å². The summed E-state index contributed by atoms with van der Waals surface area (Å²) in [5.74, 6) is 0.0171. The summed E-state index contributed by atoms with van der Waals surface area (Å²) in [6.45, 7) is 2.01. The molecule has 0 N–H and O–H groups in total. The van der Waals surface area contributed by atoms with E-state index >= 15 is 0 Å². The maximum atomic E-state index is 12.7. The van der Waals surface area contributed by atoms with E-state index in [-0.39, 0.29) is 18.6 Å². The van der Waals surface area contributed by atoms with Crippen LogP contribution in [0.5, 0.6) is 5.75 Å². The molecule has 2 aromatic rings. The van der Waals surface area contributed by atoms with Gasteiger partial charge in [-0.2, -0.15) is 0 Å². The van der Waals surface area contributed by atoms with Crippen molar-refractivity contribution in [3.8, 4) is 5.75 Å². The number of β-lactam (4-membered cyclic amide) rings is 1. The highest BCUT2D eigenvalue weighted by molar-refractivity contribution is 6.17. The van der Waals surface area contributed by atoms with Crippen LogP contribution in [0.3, 0.4) is 0 Å². The van der Waals surface area contributed by atoms with E-state index in [9.17, 15) is 9.59 Å². The number of hydrogen-bond donors (Lipinski definition) is 0. The number of methoxy groups -OCH3 is 1. The molecule has 2 aromatic carbocycles. The summed E-state index contributed by atoms with van der Waals surface area (Å²) in [7, 11) is 1.59. The molecule has 25 heavy (non-hydrogen) atoms. The number of nitrogens with zero attached hydrogens (tertiary/aromatic N) is 1. The predicted molar refractivity (Wildman–Crippen MR) is 94.4 cm³/mol. The highest BCUT2D eigenvalue weighted by Crippen LogP contribution is 2.43. The summed E-state index contributed by atoms with van der Waals surface area (Å²) in [4.78, 5) is 26.1. The number of rotatable bonds is 5. The van der Waals surface area contributed by atoms with Gasteiger partial charge < -0.3 is 9.47 Å². The molecule has 1 aliphatic heterocycles. The van der Waals surface area contributed by atoms with Crippen molar-refractivity contribution >= 4 is 17.6 Å². The first-order valence-electron chi connectivity index (χ1n) is 8.06. The zero-order chi connectivity index (χ0) is 17.8. The maximum absolute atomic E-state index is 12.7. The Kier molecular flexibility index (Phi) is 4.84. The third kappa shape index (κ3) is 3.26. The lowest BCUT2D eigenvalue weighted by Crippen LogP contribution is -2.49. The zero-order valence-electron chi connectivity index (χ0n) is 14.1. The van der Waals surface area contributed by atoms with Crippen molar-refractivity contribution < 1.29 is 19.1 Å². The van der Waals surface area contributed by atoms with Gasteiger partial charge in [0.15, 0.2) is 0 Å². The van der Waals surface area contributed by atoms with Gasteiger partial charge in [0.1, 0.15) is 5.75 Å². The number of ether oxygens (including phenoxy) is 2. The van der Waals surface area contributed by atoms with Gasteiger partial charge in [0.25, 0.3) is 5.91 Å². The average Bonchev–Trinajstić information content (AvgIpc) is 2.65. The highest BCUT2D eigenvalue weighted by atomic mass is 16.5. The van der Waals surface area contributed by atoms with E-state index < -0.39 is 5.97 Å². The summed E-state index contributed by atoms with van der Waals surface area (Å²) >= 11 is 0. The molecule has 1 heterocycles. The van der Waals surface area contributed by atoms with Crippen LogP contribution in [0.1, 0.15) is 18.5 Å². The lowest BCUT2D eigenvalue weighted by Gasteiger charge is -2.43. The normalized spacial score (nSPS) is 18.0. The fraction of sp³-hybridized carbons (Fsp3) is 0.200. The Balaban J connectivity index is 1.97. The molecule has 1 saturated heterocycles. The van der Waals surface area contributed by atoms with Crippen LogP contribution in [0.4, 0.5) is 5.69 Å². The molecule has 0 saturated carbocycles. The highest BCUT2D eigenvalue weighted by Gasteiger charge is 2.44. The van der Waals surface area contributed by atoms with Gasteiger partial charge in [0.2, 0.25) is 0 Å². The lowest BCUT2D eigenvalue weighted by atomic mass is 9.87. The smallest absolute Gasteiger partial charge is 0.331 e. The van der Waals surface area contributed by atoms with Gasteiger partial charge in [-0.1, -0.05) is 30.3 Å². The van der Waals surface area contributed by atoms with Gasteiger partial charge in [0, 0.05) is 11.8 Å². The summed E-state index contributed by atoms with van der Waals surface area (Å²) in [6, 6.07) is 16.6. The molecule has 3 rings (SSSR count). The van der Waals surface area contributed by atoms with Crippen LogP contribution < -0.4 is 9.64 Å². The maximum Gasteiger partial charge on any atom is 0.331 e. The Morgan fingerprint density at radius 2 is 1.80 bits per heavy atom. The van der Waals surface area contributed by atoms with Crippen LogP contribution in [0.2, 0.25) is 0 Å². The molecule has 0 spiro atoms. The van der Waals surface area contributed by atoms with Crippen molar-refractivity contribution in [1.29, 1.82) is 0 Å². The molecule has 1 unspecified atom stereocenters. The van der Waals surface area contributed by atoms with E-state index in [2.05, 4.69) is 0 Å². The molecule has 0 radical (unpaired) electrons. The standard InChI is InChI=1S/C20H19NO4/c1-3-25-18(22)13-17-19(14-7-5-4-6-8-14)21(20(17)23)15-9-11-16(24-2)12-10-15/h4-13,19H,3H2,1-2H3/b17-13+. The van der Waals surface area contributed by atoms with Crippen molar-refractivity contribution in [3.05, 3.63) is 71.8 Å². The Morgan fingerprint density at radius 3 is 2.40 bits per heavy atom. The van der Waals surface area contributed by atoms with Crippen LogP contribution in [-0.4, -0.2) is 25.6 Å². The molecule has 1 atom stereocenters. The van der Waals surface area contributed by atoms with Crippen molar-refractivity contribution in [3.63, 3.8) is 0 Å². The molecule has 0 aromatic heterocycles. The number of amides is 1. The summed E-state index contributed by atoms with van der Waals surface area (Å²) in [6.07, 6.45) is 1.30. The lowest BCUT2D eigenvalue weighted by molar-refractivity contribution is -0.137. The largest absolute Gasteiger partial charge is 0.497 e. The quantitative estimate of drug-likeness (QED) is 0.477. The van der Waals surface area contributed by atoms with E-state index in [1.165, 1.54) is 6.08 Å². The monoisotopic (exact) mass is 337 g/mol. The first-order valence-corrected chi connectivity index (χ1v) is 8.06. The van der Waals surface area contributed by atoms with E-state index in [0.717, 1.165) is 17.0 Å². The molecule has 1 fully saturated rings. The number of esters is 1. The summed E-state index contributed by atoms with van der Waals surface area (Å²) in [5.41, 5.74) is 2.12. The number of benzene rings is 2. The minimum Gasteiger partial charge on any atom is -0.497 e. The van der Waals surface area contributed by atoms with E-state index in [0.29, 0.717) is 5.57 Å². The summed E-state index contributed by atoms with van der Waals surface area (Å²) in [5, 5.41) is 0. The van der Waals surface area contributed by atoms with Crippen molar-refractivity contribution in [2.45, 2.75) is 13.0 Å². The molecular weight excluding hydrogens is 318 g/mol. The number of anilines is 1. The Bertz CT molecular complexity index is 796. The average molecular weight is 337 g/mol.